The van der Waals surface area contributed by atoms with Crippen molar-refractivity contribution in [2.75, 3.05) is 13.1 Å². The summed E-state index contributed by atoms with van der Waals surface area (Å²) in [6.07, 6.45) is 8.56. The molecular formula is C20H24N4. The summed E-state index contributed by atoms with van der Waals surface area (Å²) in [5.74, 6) is 7.24. The lowest BCUT2D eigenvalue weighted by molar-refractivity contribution is 0.218. The molecule has 2 heterocycles. The molecule has 0 amide bonds. The molecule has 1 aliphatic carbocycles. The summed E-state index contributed by atoms with van der Waals surface area (Å²) in [7, 11) is 0. The van der Waals surface area contributed by atoms with Gasteiger partial charge < -0.3 is 0 Å². The molecule has 1 aromatic heterocycles. The van der Waals surface area contributed by atoms with Gasteiger partial charge in [0.2, 0.25) is 0 Å². The van der Waals surface area contributed by atoms with Crippen LogP contribution in [0.2, 0.25) is 0 Å². The summed E-state index contributed by atoms with van der Waals surface area (Å²) in [4.78, 5) is 2.47. The van der Waals surface area contributed by atoms with E-state index in [1.165, 1.54) is 50.8 Å². The van der Waals surface area contributed by atoms with Gasteiger partial charge in [-0.3, -0.25) is 4.90 Å². The van der Waals surface area contributed by atoms with Crippen LogP contribution in [-0.2, 0) is 6.54 Å². The summed E-state index contributed by atoms with van der Waals surface area (Å²) in [6.45, 7) is 5.38. The molecule has 4 rings (SSSR count). The van der Waals surface area contributed by atoms with Gasteiger partial charge in [0.25, 0.3) is 0 Å². The van der Waals surface area contributed by atoms with Crippen LogP contribution in [-0.4, -0.2) is 33.0 Å². The second kappa shape index (κ2) is 6.78. The summed E-state index contributed by atoms with van der Waals surface area (Å²) >= 11 is 0. The highest BCUT2D eigenvalue weighted by Crippen LogP contribution is 2.27. The minimum Gasteiger partial charge on any atom is -0.297 e. The Morgan fingerprint density at radius 1 is 1.17 bits per heavy atom. The molecule has 124 valence electrons. The van der Waals surface area contributed by atoms with Gasteiger partial charge in [0.15, 0.2) is 0 Å². The minimum absolute atomic E-state index is 0.637. The van der Waals surface area contributed by atoms with Gasteiger partial charge in [-0.1, -0.05) is 23.5 Å². The number of hydrogen-bond acceptors (Lipinski definition) is 3. The average Bonchev–Trinajstić information content (AvgIpc) is 3.32. The summed E-state index contributed by atoms with van der Waals surface area (Å²) in [5, 5.41) is 8.69. The number of rotatable bonds is 3. The van der Waals surface area contributed by atoms with Crippen LogP contribution in [0.1, 0.15) is 48.9 Å². The van der Waals surface area contributed by atoms with Crippen molar-refractivity contribution in [3.63, 3.8) is 0 Å². The number of aromatic nitrogens is 3. The Balaban J connectivity index is 1.48. The van der Waals surface area contributed by atoms with E-state index in [0.717, 1.165) is 23.5 Å². The lowest BCUT2D eigenvalue weighted by Crippen LogP contribution is -2.29. The highest BCUT2D eigenvalue weighted by Gasteiger charge is 2.17. The van der Waals surface area contributed by atoms with Crippen molar-refractivity contribution in [2.24, 2.45) is 5.92 Å². The van der Waals surface area contributed by atoms with Crippen LogP contribution in [0.4, 0.5) is 0 Å². The first-order chi connectivity index (χ1) is 11.8. The summed E-state index contributed by atoms with van der Waals surface area (Å²) in [5.41, 5.74) is 4.42. The molecule has 0 unspecified atom stereocenters. The Bertz CT molecular complexity index is 770. The van der Waals surface area contributed by atoms with Crippen molar-refractivity contribution >= 4 is 0 Å². The Labute approximate surface area is 143 Å². The van der Waals surface area contributed by atoms with Gasteiger partial charge in [-0.25, -0.2) is 4.68 Å². The Hall–Kier alpha value is -2.12. The molecule has 1 saturated carbocycles. The fourth-order valence-electron chi connectivity index (χ4n) is 3.24. The molecule has 1 aromatic carbocycles. The van der Waals surface area contributed by atoms with Gasteiger partial charge >= 0.3 is 0 Å². The van der Waals surface area contributed by atoms with E-state index < -0.39 is 0 Å². The number of aryl methyl sites for hydroxylation is 1. The van der Waals surface area contributed by atoms with Crippen LogP contribution in [0, 0.1) is 24.7 Å². The number of benzene rings is 1. The van der Waals surface area contributed by atoms with E-state index in [-0.39, 0.29) is 0 Å². The van der Waals surface area contributed by atoms with Crippen LogP contribution < -0.4 is 0 Å². The van der Waals surface area contributed by atoms with E-state index in [0.29, 0.717) is 5.92 Å². The SMILES string of the molecule is Cc1cc(C#CC2CC2)ccc1-n1cc(CN2CCCCC2)nn1. The largest absolute Gasteiger partial charge is 0.297 e. The maximum atomic E-state index is 4.36. The molecular weight excluding hydrogens is 296 g/mol. The first-order valence-electron chi connectivity index (χ1n) is 9.04. The molecule has 4 nitrogen and oxygen atoms in total. The molecule has 4 heteroatoms. The van der Waals surface area contributed by atoms with Gasteiger partial charge in [0.1, 0.15) is 0 Å². The zero-order valence-corrected chi connectivity index (χ0v) is 14.3. The smallest absolute Gasteiger partial charge is 0.0971 e. The highest BCUT2D eigenvalue weighted by molar-refractivity contribution is 5.47. The quantitative estimate of drug-likeness (QED) is 0.814. The monoisotopic (exact) mass is 320 g/mol. The third kappa shape index (κ3) is 3.68. The van der Waals surface area contributed by atoms with Crippen molar-refractivity contribution in [3.05, 3.63) is 41.2 Å². The lowest BCUT2D eigenvalue weighted by atomic mass is 10.1. The number of hydrogen-bond donors (Lipinski definition) is 0. The van der Waals surface area contributed by atoms with Gasteiger partial charge in [-0.05, 0) is 69.5 Å². The van der Waals surface area contributed by atoms with E-state index in [1.807, 2.05) is 4.68 Å². The maximum absolute atomic E-state index is 4.36. The molecule has 1 aliphatic heterocycles. The number of piperidine rings is 1. The first kappa shape index (κ1) is 15.4. The van der Waals surface area contributed by atoms with Gasteiger partial charge in [-0.15, -0.1) is 5.10 Å². The predicted octanol–water partition coefficient (Wildman–Crippen LogP) is 3.32. The fraction of sp³-hybridized carbons (Fsp3) is 0.500. The predicted molar refractivity (Wildman–Crippen MR) is 94.8 cm³/mol. The van der Waals surface area contributed by atoms with E-state index in [1.54, 1.807) is 0 Å². The molecule has 2 aliphatic rings. The second-order valence-electron chi connectivity index (χ2n) is 7.04. The number of nitrogens with zero attached hydrogens (tertiary/aromatic N) is 4. The second-order valence-corrected chi connectivity index (χ2v) is 7.04. The lowest BCUT2D eigenvalue weighted by Gasteiger charge is -2.25. The van der Waals surface area contributed by atoms with Gasteiger partial charge in [0.05, 0.1) is 17.6 Å². The van der Waals surface area contributed by atoms with E-state index in [9.17, 15) is 0 Å². The summed E-state index contributed by atoms with van der Waals surface area (Å²) < 4.78 is 1.90. The Morgan fingerprint density at radius 3 is 2.75 bits per heavy atom. The first-order valence-corrected chi connectivity index (χ1v) is 9.04. The molecule has 0 atom stereocenters. The van der Waals surface area contributed by atoms with Crippen molar-refractivity contribution in [1.29, 1.82) is 0 Å². The fourth-order valence-corrected chi connectivity index (χ4v) is 3.24. The minimum atomic E-state index is 0.637. The normalized spacial score (nSPS) is 18.2. The number of likely N-dealkylation sites (tertiary alicyclic amines) is 1. The zero-order chi connectivity index (χ0) is 16.4. The third-order valence-corrected chi connectivity index (χ3v) is 4.82. The molecule has 1 saturated heterocycles. The molecule has 0 N–H and O–H groups in total. The van der Waals surface area contributed by atoms with Crippen LogP contribution in [0.5, 0.6) is 0 Å². The maximum Gasteiger partial charge on any atom is 0.0971 e. The average molecular weight is 320 g/mol. The van der Waals surface area contributed by atoms with Gasteiger partial charge in [-0.2, -0.15) is 0 Å². The standard InChI is InChI=1S/C20H24N4/c1-16-13-18(8-7-17-5-6-17)9-10-20(16)24-15-19(21-22-24)14-23-11-3-2-4-12-23/h9-10,13,15,17H,2-6,11-12,14H2,1H3. The van der Waals surface area contributed by atoms with Crippen LogP contribution in [0.15, 0.2) is 24.4 Å². The summed E-state index contributed by atoms with van der Waals surface area (Å²) in [6, 6.07) is 6.34. The van der Waals surface area contributed by atoms with Crippen molar-refractivity contribution in [3.8, 4) is 17.5 Å². The van der Waals surface area contributed by atoms with Crippen LogP contribution >= 0.6 is 0 Å². The van der Waals surface area contributed by atoms with Crippen molar-refractivity contribution < 1.29 is 0 Å². The van der Waals surface area contributed by atoms with E-state index in [2.05, 4.69) is 58.4 Å². The van der Waals surface area contributed by atoms with E-state index in [4.69, 9.17) is 0 Å². The Kier molecular flexibility index (Phi) is 4.36. The molecule has 24 heavy (non-hydrogen) atoms. The third-order valence-electron chi connectivity index (χ3n) is 4.82. The van der Waals surface area contributed by atoms with Crippen LogP contribution in [0.25, 0.3) is 5.69 Å². The van der Waals surface area contributed by atoms with E-state index >= 15 is 0 Å². The highest BCUT2D eigenvalue weighted by atomic mass is 15.4. The van der Waals surface area contributed by atoms with Gasteiger partial charge in [0, 0.05) is 18.0 Å². The molecule has 2 fully saturated rings. The molecule has 0 bridgehead atoms. The van der Waals surface area contributed by atoms with Crippen LogP contribution in [0.3, 0.4) is 0 Å². The molecule has 0 radical (unpaired) electrons. The topological polar surface area (TPSA) is 34.0 Å². The van der Waals surface area contributed by atoms with Crippen molar-refractivity contribution in [1.82, 2.24) is 19.9 Å². The Morgan fingerprint density at radius 2 is 2.00 bits per heavy atom. The molecule has 0 spiro atoms. The molecule has 2 aromatic rings. The van der Waals surface area contributed by atoms with Crippen molar-refractivity contribution in [2.45, 2.75) is 45.6 Å². The zero-order valence-electron chi connectivity index (χ0n) is 14.3.